The van der Waals surface area contributed by atoms with Crippen LogP contribution in [0, 0.1) is 6.92 Å². The maximum Gasteiger partial charge on any atom is 0.325 e. The van der Waals surface area contributed by atoms with Crippen LogP contribution >= 0.6 is 11.6 Å². The molecule has 2 N–H and O–H groups in total. The molecule has 0 aliphatic carbocycles. The number of carbonyl (C=O) groups is 3. The fourth-order valence-corrected chi connectivity index (χ4v) is 3.22. The third-order valence-corrected chi connectivity index (χ3v) is 4.98. The number of methoxy groups -OCH3 is 1. The molecule has 1 saturated heterocycles. The van der Waals surface area contributed by atoms with Gasteiger partial charge in [-0.2, -0.15) is 0 Å². The van der Waals surface area contributed by atoms with Crippen LogP contribution in [0.25, 0.3) is 0 Å². The summed E-state index contributed by atoms with van der Waals surface area (Å²) in [6.07, 6.45) is 0.314. The van der Waals surface area contributed by atoms with E-state index < -0.39 is 12.1 Å². The van der Waals surface area contributed by atoms with Crippen LogP contribution in [0.2, 0.25) is 5.02 Å². The summed E-state index contributed by atoms with van der Waals surface area (Å²) in [5, 5.41) is 5.96. The van der Waals surface area contributed by atoms with Gasteiger partial charge in [-0.3, -0.25) is 14.5 Å². The van der Waals surface area contributed by atoms with Crippen LogP contribution in [0.3, 0.4) is 0 Å². The second-order valence-corrected chi connectivity index (χ2v) is 7.26. The number of amides is 4. The third-order valence-electron chi connectivity index (χ3n) is 4.74. The second kappa shape index (κ2) is 8.96. The summed E-state index contributed by atoms with van der Waals surface area (Å²) >= 11 is 5.96. The summed E-state index contributed by atoms with van der Waals surface area (Å²) in [4.78, 5) is 38.2. The first kappa shape index (κ1) is 20.7. The minimum absolute atomic E-state index is 0.0962. The van der Waals surface area contributed by atoms with Crippen molar-refractivity contribution in [2.75, 3.05) is 12.4 Å². The zero-order chi connectivity index (χ0) is 21.0. The summed E-state index contributed by atoms with van der Waals surface area (Å²) in [6, 6.07) is 11.2. The number of nitrogens with one attached hydrogen (secondary N) is 2. The smallest absolute Gasteiger partial charge is 0.325 e. The number of halogens is 1. The molecule has 1 unspecified atom stereocenters. The molecule has 2 aromatic rings. The van der Waals surface area contributed by atoms with Gasteiger partial charge >= 0.3 is 6.03 Å². The lowest BCUT2D eigenvalue weighted by atomic mass is 10.1. The Balaban J connectivity index is 1.55. The largest absolute Gasteiger partial charge is 0.497 e. The van der Waals surface area contributed by atoms with Gasteiger partial charge in [-0.15, -0.1) is 0 Å². The fourth-order valence-electron chi connectivity index (χ4n) is 3.05. The molecule has 0 saturated carbocycles. The van der Waals surface area contributed by atoms with E-state index in [1.54, 1.807) is 43.5 Å². The Labute approximate surface area is 174 Å². The molecule has 1 aliphatic heterocycles. The number of urea groups is 1. The van der Waals surface area contributed by atoms with Crippen molar-refractivity contribution < 1.29 is 19.1 Å². The number of carbonyl (C=O) groups excluding carboxylic acids is 3. The SMILES string of the molecule is COc1ccc(CN2C(=O)NC(CCC(=O)Nc3cc(Cl)ccc3C)C2=O)cc1. The minimum Gasteiger partial charge on any atom is -0.497 e. The first-order valence-corrected chi connectivity index (χ1v) is 9.56. The Bertz CT molecular complexity index is 930. The summed E-state index contributed by atoms with van der Waals surface area (Å²) in [5.41, 5.74) is 2.33. The first-order valence-electron chi connectivity index (χ1n) is 9.18. The Morgan fingerprint density at radius 2 is 1.93 bits per heavy atom. The molecule has 1 heterocycles. The lowest BCUT2D eigenvalue weighted by Crippen LogP contribution is -2.31. The van der Waals surface area contributed by atoms with Crippen LogP contribution in [0.15, 0.2) is 42.5 Å². The summed E-state index contributed by atoms with van der Waals surface area (Å²) < 4.78 is 5.10. The third kappa shape index (κ3) is 5.06. The number of rotatable bonds is 7. The summed E-state index contributed by atoms with van der Waals surface area (Å²) in [7, 11) is 1.57. The van der Waals surface area contributed by atoms with Crippen molar-refractivity contribution in [3.63, 3.8) is 0 Å². The molecule has 0 bridgehead atoms. The zero-order valence-corrected chi connectivity index (χ0v) is 17.0. The van der Waals surface area contributed by atoms with Crippen molar-refractivity contribution in [1.82, 2.24) is 10.2 Å². The topological polar surface area (TPSA) is 87.7 Å². The van der Waals surface area contributed by atoms with Gasteiger partial charge in [0.15, 0.2) is 0 Å². The van der Waals surface area contributed by atoms with Gasteiger partial charge in [0.05, 0.1) is 13.7 Å². The number of hydrogen-bond donors (Lipinski definition) is 2. The van der Waals surface area contributed by atoms with Crippen LogP contribution in [0.1, 0.15) is 24.0 Å². The van der Waals surface area contributed by atoms with Crippen LogP contribution in [0.5, 0.6) is 5.75 Å². The van der Waals surface area contributed by atoms with Crippen molar-refractivity contribution in [3.8, 4) is 5.75 Å². The highest BCUT2D eigenvalue weighted by Crippen LogP contribution is 2.21. The molecule has 1 fully saturated rings. The highest BCUT2D eigenvalue weighted by molar-refractivity contribution is 6.31. The molecule has 0 aromatic heterocycles. The molecule has 152 valence electrons. The monoisotopic (exact) mass is 415 g/mol. The number of imide groups is 1. The predicted molar refractivity (Wildman–Crippen MR) is 110 cm³/mol. The first-order chi connectivity index (χ1) is 13.9. The minimum atomic E-state index is -0.716. The van der Waals surface area contributed by atoms with E-state index in [0.717, 1.165) is 16.0 Å². The Kier molecular flexibility index (Phi) is 6.39. The number of anilines is 1. The van der Waals surface area contributed by atoms with Gasteiger partial charge in [-0.25, -0.2) is 4.79 Å². The van der Waals surface area contributed by atoms with Crippen molar-refractivity contribution in [1.29, 1.82) is 0 Å². The molecule has 0 radical (unpaired) electrons. The summed E-state index contributed by atoms with van der Waals surface area (Å²) in [6.45, 7) is 2.03. The molecular formula is C21H22ClN3O4. The highest BCUT2D eigenvalue weighted by atomic mass is 35.5. The molecule has 29 heavy (non-hydrogen) atoms. The van der Waals surface area contributed by atoms with E-state index in [-0.39, 0.29) is 31.2 Å². The quantitative estimate of drug-likeness (QED) is 0.677. The molecule has 0 spiro atoms. The van der Waals surface area contributed by atoms with Crippen LogP contribution in [-0.4, -0.2) is 35.9 Å². The second-order valence-electron chi connectivity index (χ2n) is 6.82. The molecule has 8 heteroatoms. The number of hydrogen-bond acceptors (Lipinski definition) is 4. The number of aryl methyl sites for hydroxylation is 1. The maximum absolute atomic E-state index is 12.6. The molecule has 1 atom stereocenters. The molecule has 3 rings (SSSR count). The average Bonchev–Trinajstić information content (AvgIpc) is 2.97. The Morgan fingerprint density at radius 1 is 1.21 bits per heavy atom. The van der Waals surface area contributed by atoms with Crippen LogP contribution < -0.4 is 15.4 Å². The highest BCUT2D eigenvalue weighted by Gasteiger charge is 2.37. The average molecular weight is 416 g/mol. The van der Waals surface area contributed by atoms with Crippen molar-refractivity contribution in [2.45, 2.75) is 32.4 Å². The summed E-state index contributed by atoms with van der Waals surface area (Å²) in [5.74, 6) is 0.119. The van der Waals surface area contributed by atoms with E-state index in [4.69, 9.17) is 16.3 Å². The number of nitrogens with zero attached hydrogens (tertiary/aromatic N) is 1. The lowest BCUT2D eigenvalue weighted by Gasteiger charge is -2.13. The van der Waals surface area contributed by atoms with Crippen LogP contribution in [0.4, 0.5) is 10.5 Å². The molecule has 4 amide bonds. The van der Waals surface area contributed by atoms with Crippen molar-refractivity contribution in [2.24, 2.45) is 0 Å². The molecular weight excluding hydrogens is 394 g/mol. The van der Waals surface area contributed by atoms with Gasteiger partial charge in [-0.05, 0) is 48.7 Å². The molecule has 7 nitrogen and oxygen atoms in total. The lowest BCUT2D eigenvalue weighted by molar-refractivity contribution is -0.128. The van der Waals surface area contributed by atoms with E-state index >= 15 is 0 Å². The Morgan fingerprint density at radius 3 is 2.62 bits per heavy atom. The van der Waals surface area contributed by atoms with E-state index in [2.05, 4.69) is 10.6 Å². The van der Waals surface area contributed by atoms with E-state index in [0.29, 0.717) is 16.5 Å². The van der Waals surface area contributed by atoms with E-state index in [1.165, 1.54) is 0 Å². The van der Waals surface area contributed by atoms with Crippen molar-refractivity contribution in [3.05, 3.63) is 58.6 Å². The van der Waals surface area contributed by atoms with Gasteiger partial charge in [0, 0.05) is 17.1 Å². The van der Waals surface area contributed by atoms with Gasteiger partial charge < -0.3 is 15.4 Å². The number of ether oxygens (including phenoxy) is 1. The maximum atomic E-state index is 12.6. The standard InChI is InChI=1S/C21H22ClN3O4/c1-13-3-6-15(22)11-18(13)23-19(26)10-9-17-20(27)25(21(28)24-17)12-14-4-7-16(29-2)8-5-14/h3-8,11,17H,9-10,12H2,1-2H3,(H,23,26)(H,24,28). The van der Waals surface area contributed by atoms with E-state index in [1.807, 2.05) is 13.0 Å². The van der Waals surface area contributed by atoms with Gasteiger partial charge in [0.2, 0.25) is 5.91 Å². The zero-order valence-electron chi connectivity index (χ0n) is 16.2. The molecule has 2 aromatic carbocycles. The molecule has 1 aliphatic rings. The van der Waals surface area contributed by atoms with E-state index in [9.17, 15) is 14.4 Å². The fraction of sp³-hybridized carbons (Fsp3) is 0.286. The van der Waals surface area contributed by atoms with Crippen molar-refractivity contribution >= 4 is 35.1 Å². The Hall–Kier alpha value is -3.06. The van der Waals surface area contributed by atoms with Gasteiger partial charge in [-0.1, -0.05) is 29.8 Å². The normalized spacial score (nSPS) is 16.0. The van der Waals surface area contributed by atoms with Crippen LogP contribution in [-0.2, 0) is 16.1 Å². The predicted octanol–water partition coefficient (Wildman–Crippen LogP) is 3.50. The van der Waals surface area contributed by atoms with Gasteiger partial charge in [0.25, 0.3) is 5.91 Å². The number of benzene rings is 2. The van der Waals surface area contributed by atoms with Gasteiger partial charge in [0.1, 0.15) is 11.8 Å².